The van der Waals surface area contributed by atoms with Gasteiger partial charge in [-0.3, -0.25) is 4.79 Å². The number of nitrogens with zero attached hydrogens (tertiary/aromatic N) is 2. The summed E-state index contributed by atoms with van der Waals surface area (Å²) in [5.74, 6) is 2.80. The molecule has 4 rings (SSSR count). The number of aromatic nitrogens is 2. The number of anilines is 1. The van der Waals surface area contributed by atoms with Crippen molar-refractivity contribution in [1.29, 1.82) is 0 Å². The number of aryl methyl sites for hydroxylation is 1. The van der Waals surface area contributed by atoms with Crippen LogP contribution in [0.15, 0.2) is 48.5 Å². The Morgan fingerprint density at radius 3 is 2.67 bits per heavy atom. The van der Waals surface area contributed by atoms with Gasteiger partial charge >= 0.3 is 0 Å². The topological polar surface area (TPSA) is 56.2 Å². The highest BCUT2D eigenvalue weighted by Crippen LogP contribution is 2.36. The summed E-state index contributed by atoms with van der Waals surface area (Å²) >= 11 is 7.66. The van der Waals surface area contributed by atoms with E-state index in [1.165, 1.54) is 5.56 Å². The van der Waals surface area contributed by atoms with Crippen LogP contribution in [0, 0.1) is 6.92 Å². The van der Waals surface area contributed by atoms with Gasteiger partial charge < -0.3 is 10.1 Å². The van der Waals surface area contributed by atoms with Crippen molar-refractivity contribution in [2.45, 2.75) is 18.4 Å². The number of halogens is 1. The second-order valence-electron chi connectivity index (χ2n) is 6.30. The molecule has 1 N–H and O–H groups in total. The number of ether oxygens (including phenoxy) is 1. The maximum atomic E-state index is 12.5. The molecule has 1 aliphatic rings. The molecule has 0 bridgehead atoms. The highest BCUT2D eigenvalue weighted by atomic mass is 35.5. The van der Waals surface area contributed by atoms with Gasteiger partial charge in [-0.05, 0) is 43.3 Å². The lowest BCUT2D eigenvalue weighted by molar-refractivity contribution is -0.118. The van der Waals surface area contributed by atoms with E-state index in [1.54, 1.807) is 36.0 Å². The highest BCUT2D eigenvalue weighted by molar-refractivity contribution is 7.98. The quantitative estimate of drug-likeness (QED) is 0.681. The molecule has 1 aromatic heterocycles. The molecule has 0 saturated carbocycles. The lowest BCUT2D eigenvalue weighted by Crippen LogP contribution is -2.22. The Hall–Kier alpha value is -2.44. The van der Waals surface area contributed by atoms with Gasteiger partial charge in [0.25, 0.3) is 5.91 Å². The van der Waals surface area contributed by atoms with Crippen LogP contribution in [0.25, 0.3) is 5.69 Å². The van der Waals surface area contributed by atoms with E-state index in [-0.39, 0.29) is 12.5 Å². The second kappa shape index (κ2) is 7.66. The Morgan fingerprint density at radius 1 is 1.19 bits per heavy atom. The van der Waals surface area contributed by atoms with Crippen LogP contribution in [0.3, 0.4) is 0 Å². The molecule has 0 aliphatic carbocycles. The van der Waals surface area contributed by atoms with Gasteiger partial charge in [0.05, 0.1) is 11.4 Å². The zero-order valence-electron chi connectivity index (χ0n) is 14.7. The van der Waals surface area contributed by atoms with Crippen LogP contribution in [0.5, 0.6) is 5.75 Å². The van der Waals surface area contributed by atoms with E-state index in [9.17, 15) is 4.79 Å². The van der Waals surface area contributed by atoms with E-state index < -0.39 is 0 Å². The Morgan fingerprint density at radius 2 is 1.93 bits per heavy atom. The van der Waals surface area contributed by atoms with Gasteiger partial charge in [-0.25, -0.2) is 4.68 Å². The monoisotopic (exact) mass is 399 g/mol. The van der Waals surface area contributed by atoms with E-state index in [4.69, 9.17) is 21.4 Å². The van der Waals surface area contributed by atoms with Crippen molar-refractivity contribution >= 4 is 35.1 Å². The first kappa shape index (κ1) is 17.9. The number of hydrogen-bond acceptors (Lipinski definition) is 4. The fourth-order valence-corrected chi connectivity index (χ4v) is 4.02. The zero-order chi connectivity index (χ0) is 18.8. The fraction of sp³-hybridized carbons (Fsp3) is 0.200. The highest BCUT2D eigenvalue weighted by Gasteiger charge is 2.24. The van der Waals surface area contributed by atoms with Gasteiger partial charge in [0.15, 0.2) is 6.61 Å². The predicted octanol–water partition coefficient (Wildman–Crippen LogP) is 4.60. The van der Waals surface area contributed by atoms with E-state index in [0.717, 1.165) is 34.3 Å². The summed E-state index contributed by atoms with van der Waals surface area (Å²) in [6, 6.07) is 15.0. The molecule has 5 nitrogen and oxygen atoms in total. The first-order valence-electron chi connectivity index (χ1n) is 8.54. The van der Waals surface area contributed by atoms with E-state index in [1.807, 2.05) is 35.9 Å². The molecule has 138 valence electrons. The molecule has 0 fully saturated rings. The van der Waals surface area contributed by atoms with Crippen molar-refractivity contribution in [2.24, 2.45) is 0 Å². The van der Waals surface area contributed by atoms with Crippen LogP contribution < -0.4 is 10.1 Å². The summed E-state index contributed by atoms with van der Waals surface area (Å²) in [6.07, 6.45) is 0. The number of hydrogen-bond donors (Lipinski definition) is 1. The van der Waals surface area contributed by atoms with Gasteiger partial charge in [0.2, 0.25) is 0 Å². The molecule has 2 aromatic carbocycles. The number of benzene rings is 2. The van der Waals surface area contributed by atoms with Gasteiger partial charge in [-0.15, -0.1) is 0 Å². The molecule has 0 radical (unpaired) electrons. The minimum absolute atomic E-state index is 0.0807. The zero-order valence-corrected chi connectivity index (χ0v) is 16.3. The van der Waals surface area contributed by atoms with Crippen LogP contribution in [0.4, 0.5) is 5.82 Å². The van der Waals surface area contributed by atoms with Gasteiger partial charge in [-0.2, -0.15) is 16.9 Å². The number of carbonyl (C=O) groups excluding carboxylic acids is 1. The summed E-state index contributed by atoms with van der Waals surface area (Å²) in [6.45, 7) is 1.96. The first-order chi connectivity index (χ1) is 13.1. The van der Waals surface area contributed by atoms with Gasteiger partial charge in [-0.1, -0.05) is 29.3 Å². The van der Waals surface area contributed by atoms with Crippen LogP contribution in [0.2, 0.25) is 5.02 Å². The van der Waals surface area contributed by atoms with E-state index >= 15 is 0 Å². The molecule has 1 amide bonds. The van der Waals surface area contributed by atoms with Crippen LogP contribution in [-0.4, -0.2) is 22.3 Å². The van der Waals surface area contributed by atoms with Crippen LogP contribution in [0.1, 0.15) is 16.8 Å². The summed E-state index contributed by atoms with van der Waals surface area (Å²) < 4.78 is 7.36. The molecule has 0 unspecified atom stereocenters. The third-order valence-corrected chi connectivity index (χ3v) is 5.49. The summed E-state index contributed by atoms with van der Waals surface area (Å²) in [4.78, 5) is 12.5. The van der Waals surface area contributed by atoms with E-state index in [2.05, 4.69) is 5.32 Å². The average Bonchev–Trinajstić information content (AvgIpc) is 3.25. The minimum Gasteiger partial charge on any atom is -0.484 e. The largest absolute Gasteiger partial charge is 0.484 e. The Kier molecular flexibility index (Phi) is 5.09. The lowest BCUT2D eigenvalue weighted by atomic mass is 10.2. The third-order valence-electron chi connectivity index (χ3n) is 4.27. The Balaban J connectivity index is 1.53. The van der Waals surface area contributed by atoms with Crippen LogP contribution in [-0.2, 0) is 16.3 Å². The first-order valence-corrected chi connectivity index (χ1v) is 10.1. The van der Waals surface area contributed by atoms with Crippen molar-refractivity contribution in [3.05, 3.63) is 70.4 Å². The maximum absolute atomic E-state index is 12.5. The summed E-state index contributed by atoms with van der Waals surface area (Å²) in [5, 5.41) is 8.31. The van der Waals surface area contributed by atoms with Crippen molar-refractivity contribution < 1.29 is 9.53 Å². The van der Waals surface area contributed by atoms with Crippen molar-refractivity contribution in [3.63, 3.8) is 0 Å². The Bertz CT molecular complexity index is 968. The van der Waals surface area contributed by atoms with Crippen molar-refractivity contribution in [1.82, 2.24) is 9.78 Å². The normalized spacial score (nSPS) is 12.7. The predicted molar refractivity (Wildman–Crippen MR) is 109 cm³/mol. The molecule has 1 aliphatic heterocycles. The Labute approximate surface area is 166 Å². The number of carbonyl (C=O) groups is 1. The molecule has 3 aromatic rings. The van der Waals surface area contributed by atoms with Gasteiger partial charge in [0, 0.05) is 22.1 Å². The minimum atomic E-state index is -0.224. The van der Waals surface area contributed by atoms with Gasteiger partial charge in [0.1, 0.15) is 11.6 Å². The number of nitrogens with one attached hydrogen (secondary N) is 1. The molecular formula is C20H18ClN3O2S. The number of fused-ring (bicyclic) bond motifs is 1. The molecule has 0 atom stereocenters. The summed E-state index contributed by atoms with van der Waals surface area (Å²) in [5.41, 5.74) is 4.21. The SMILES string of the molecule is Cc1ccc(-n2nc3c(c2NC(=O)COc2ccc(Cl)cc2)CSC3)cc1. The third kappa shape index (κ3) is 3.96. The van der Waals surface area contributed by atoms with Crippen LogP contribution >= 0.6 is 23.4 Å². The average molecular weight is 400 g/mol. The number of amides is 1. The van der Waals surface area contributed by atoms with Crippen molar-refractivity contribution in [2.75, 3.05) is 11.9 Å². The number of rotatable bonds is 5. The molecule has 27 heavy (non-hydrogen) atoms. The van der Waals surface area contributed by atoms with E-state index in [0.29, 0.717) is 10.8 Å². The molecular weight excluding hydrogens is 382 g/mol. The smallest absolute Gasteiger partial charge is 0.263 e. The fourth-order valence-electron chi connectivity index (χ4n) is 2.86. The lowest BCUT2D eigenvalue weighted by Gasteiger charge is -2.12. The number of thioether (sulfide) groups is 1. The molecule has 7 heteroatoms. The molecule has 2 heterocycles. The second-order valence-corrected chi connectivity index (χ2v) is 7.73. The molecule has 0 spiro atoms. The molecule has 0 saturated heterocycles. The summed E-state index contributed by atoms with van der Waals surface area (Å²) in [7, 11) is 0. The van der Waals surface area contributed by atoms with Crippen molar-refractivity contribution in [3.8, 4) is 11.4 Å². The standard InChI is InChI=1S/C20H18ClN3O2S/c1-13-2-6-15(7-3-13)24-20(17-11-27-12-18(17)23-24)22-19(25)10-26-16-8-4-14(21)5-9-16/h2-9H,10-12H2,1H3,(H,22,25). The maximum Gasteiger partial charge on any atom is 0.263 e.